The largest absolute Gasteiger partial charge is 0.464 e. The van der Waals surface area contributed by atoms with Crippen LogP contribution in [0.15, 0.2) is 36.5 Å². The summed E-state index contributed by atoms with van der Waals surface area (Å²) in [7, 11) is 0. The van der Waals surface area contributed by atoms with Crippen LogP contribution in [0, 0.1) is 22.7 Å². The van der Waals surface area contributed by atoms with Gasteiger partial charge in [-0.1, -0.05) is 40.5 Å². The van der Waals surface area contributed by atoms with Gasteiger partial charge in [0.1, 0.15) is 18.1 Å². The number of pyridine rings is 1. The van der Waals surface area contributed by atoms with Crippen molar-refractivity contribution in [2.75, 3.05) is 63.9 Å². The van der Waals surface area contributed by atoms with Gasteiger partial charge in [0.25, 0.3) is 5.91 Å². The SMILES string of the molecule is CCn1c(-c2cccnc2C(C)C)c2c3cc(ccc31)N1CCO[C@@H](C[C@H](NC(=O)[C@H](C3CCCC3)N3CC[C@]4(CCN(C(=O)[C@@H]5N[C@@H]5C5CC5)C4)C3)C(=O)N3CCC[C@H](N3)C(=O)OCC(C)(C)C2)C1. The van der Waals surface area contributed by atoms with Crippen LogP contribution in [0.1, 0.15) is 122 Å². The molecule has 15 nitrogen and oxygen atoms in total. The number of nitrogens with zero attached hydrogens (tertiary/aromatic N) is 6. The molecule has 8 heterocycles. The minimum absolute atomic E-state index is 0.0188. The fourth-order valence-corrected chi connectivity index (χ4v) is 13.6. The monoisotopic (exact) mass is 960 g/mol. The van der Waals surface area contributed by atoms with E-state index in [4.69, 9.17) is 14.5 Å². The second kappa shape index (κ2) is 19.1. The van der Waals surface area contributed by atoms with E-state index < -0.39 is 17.5 Å². The Morgan fingerprint density at radius 1 is 0.971 bits per heavy atom. The van der Waals surface area contributed by atoms with Gasteiger partial charge in [-0.15, -0.1) is 0 Å². The molecule has 11 rings (SSSR count). The summed E-state index contributed by atoms with van der Waals surface area (Å²) in [5, 5.41) is 9.58. The van der Waals surface area contributed by atoms with Crippen LogP contribution in [0.2, 0.25) is 0 Å². The number of carbonyl (C=O) groups is 4. The highest BCUT2D eigenvalue weighted by Gasteiger charge is 2.55. The maximum absolute atomic E-state index is 15.2. The Bertz CT molecular complexity index is 2480. The predicted octanol–water partition coefficient (Wildman–Crippen LogP) is 5.78. The van der Waals surface area contributed by atoms with Crippen molar-refractivity contribution in [3.8, 4) is 11.3 Å². The van der Waals surface area contributed by atoms with Crippen LogP contribution < -0.4 is 21.0 Å². The molecule has 1 aromatic carbocycles. The van der Waals surface area contributed by atoms with Gasteiger partial charge in [0, 0.05) is 97.5 Å². The van der Waals surface area contributed by atoms with E-state index in [1.807, 2.05) is 12.3 Å². The number of hydrazine groups is 1. The number of cyclic esters (lactones) is 1. The summed E-state index contributed by atoms with van der Waals surface area (Å²) in [6.07, 6.45) is 12.2. The third kappa shape index (κ3) is 9.37. The molecule has 15 heteroatoms. The lowest BCUT2D eigenvalue weighted by molar-refractivity contribution is -0.156. The van der Waals surface area contributed by atoms with Crippen molar-refractivity contribution >= 4 is 40.3 Å². The highest BCUT2D eigenvalue weighted by molar-refractivity contribution is 5.95. The van der Waals surface area contributed by atoms with Gasteiger partial charge in [0.2, 0.25) is 11.8 Å². The molecule has 6 aliphatic heterocycles. The van der Waals surface area contributed by atoms with E-state index in [9.17, 15) is 9.59 Å². The molecule has 7 atom stereocenters. The van der Waals surface area contributed by atoms with Crippen molar-refractivity contribution in [2.24, 2.45) is 22.7 Å². The van der Waals surface area contributed by atoms with Crippen molar-refractivity contribution in [2.45, 2.75) is 160 Å². The summed E-state index contributed by atoms with van der Waals surface area (Å²) < 4.78 is 15.2. The number of benzene rings is 1. The smallest absolute Gasteiger partial charge is 0.324 e. The Kier molecular flexibility index (Phi) is 13.0. The van der Waals surface area contributed by atoms with Crippen LogP contribution in [-0.4, -0.2) is 143 Å². The number of likely N-dealkylation sites (tertiary alicyclic amines) is 2. The number of rotatable bonds is 9. The van der Waals surface area contributed by atoms with Crippen LogP contribution in [-0.2, 0) is 41.6 Å². The number of hydrogen-bond acceptors (Lipinski definition) is 11. The lowest BCUT2D eigenvalue weighted by atomic mass is 9.84. The van der Waals surface area contributed by atoms with E-state index in [0.29, 0.717) is 63.9 Å². The highest BCUT2D eigenvalue weighted by Crippen LogP contribution is 2.46. The third-order valence-electron chi connectivity index (χ3n) is 17.5. The summed E-state index contributed by atoms with van der Waals surface area (Å²) >= 11 is 0. The molecule has 2 aromatic heterocycles. The molecule has 8 aliphatic rings. The average molecular weight is 960 g/mol. The number of nitrogens with one attached hydrogen (secondary N) is 3. The summed E-state index contributed by atoms with van der Waals surface area (Å²) in [4.78, 5) is 69.6. The summed E-state index contributed by atoms with van der Waals surface area (Å²) in [5.74, 6) is 0.601. The second-order valence-electron chi connectivity index (χ2n) is 23.6. The van der Waals surface area contributed by atoms with Crippen LogP contribution in [0.3, 0.4) is 0 Å². The molecule has 378 valence electrons. The van der Waals surface area contributed by atoms with Gasteiger partial charge < -0.3 is 29.2 Å². The van der Waals surface area contributed by atoms with Crippen LogP contribution in [0.5, 0.6) is 0 Å². The Morgan fingerprint density at radius 2 is 1.79 bits per heavy atom. The van der Waals surface area contributed by atoms with Crippen molar-refractivity contribution in [1.82, 2.24) is 40.4 Å². The molecule has 0 radical (unpaired) electrons. The summed E-state index contributed by atoms with van der Waals surface area (Å²) in [6, 6.07) is 9.41. The van der Waals surface area contributed by atoms with Crippen LogP contribution in [0.25, 0.3) is 22.2 Å². The summed E-state index contributed by atoms with van der Waals surface area (Å²) in [6.45, 7) is 17.2. The number of carbonyl (C=O) groups excluding carboxylic acids is 4. The first-order valence-electron chi connectivity index (χ1n) is 27.1. The maximum Gasteiger partial charge on any atom is 0.324 e. The molecule has 3 amide bonds. The molecular formula is C55H77N9O6. The number of aryl methyl sites for hydroxylation is 1. The van der Waals surface area contributed by atoms with Gasteiger partial charge >= 0.3 is 5.97 Å². The number of hydrogen-bond donors (Lipinski definition) is 3. The number of morpholine rings is 1. The first-order valence-corrected chi connectivity index (χ1v) is 27.1. The fraction of sp³-hybridized carbons (Fsp3) is 0.691. The molecule has 0 unspecified atom stereocenters. The number of aromatic nitrogens is 2. The standard InChI is InChI=1S/C55H77N9O6/c1-6-63-44-18-17-37-27-40(44)41(49(63)39-13-9-21-56-45(39)34(2)3)29-54(4,5)33-70-53(68)42-14-10-22-64(59-42)51(66)43(28-38-30-60(37)25-26-69-38)57-50(65)48(36-11-7-8-12-36)61-23-19-55(31-61)20-24-62(32-55)52(67)47-46(58-47)35-15-16-35/h9,13,17-18,21,27,34-36,38,42-43,46-48,58-59H,6-8,10-12,14-16,19-20,22-26,28-33H2,1-5H3,(H,57,65)/t38-,42-,43-,46+,47+,48-,55-/m0/s1. The van der Waals surface area contributed by atoms with Crippen molar-refractivity contribution in [3.05, 3.63) is 47.8 Å². The number of ether oxygens (including phenoxy) is 2. The molecule has 2 saturated carbocycles. The minimum atomic E-state index is -0.882. The Labute approximate surface area is 414 Å². The van der Waals surface area contributed by atoms with Gasteiger partial charge in [-0.25, -0.2) is 5.43 Å². The Hall–Kier alpha value is -4.57. The van der Waals surface area contributed by atoms with E-state index in [-0.39, 0.29) is 65.7 Å². The molecule has 5 saturated heterocycles. The Morgan fingerprint density at radius 3 is 2.57 bits per heavy atom. The third-order valence-corrected chi connectivity index (χ3v) is 17.5. The first kappa shape index (κ1) is 47.7. The molecule has 3 aromatic rings. The maximum atomic E-state index is 15.2. The summed E-state index contributed by atoms with van der Waals surface area (Å²) in [5.41, 5.74) is 9.62. The van der Waals surface area contributed by atoms with E-state index in [1.165, 1.54) is 23.8 Å². The van der Waals surface area contributed by atoms with Gasteiger partial charge in [-0.05, 0) is 125 Å². The first-order chi connectivity index (χ1) is 33.8. The van der Waals surface area contributed by atoms with Crippen molar-refractivity contribution in [3.63, 3.8) is 0 Å². The highest BCUT2D eigenvalue weighted by atomic mass is 16.5. The number of esters is 1. The van der Waals surface area contributed by atoms with Crippen molar-refractivity contribution in [1.29, 1.82) is 0 Å². The van der Waals surface area contributed by atoms with Crippen LogP contribution in [0.4, 0.5) is 5.69 Å². The minimum Gasteiger partial charge on any atom is -0.464 e. The topological polar surface area (TPSA) is 164 Å². The van der Waals surface area contributed by atoms with Crippen molar-refractivity contribution < 1.29 is 28.7 Å². The molecule has 6 bridgehead atoms. The lowest BCUT2D eigenvalue weighted by Gasteiger charge is -2.39. The fourth-order valence-electron chi connectivity index (χ4n) is 13.6. The molecule has 3 N–H and O–H groups in total. The molecule has 1 spiro atoms. The second-order valence-corrected chi connectivity index (χ2v) is 23.6. The quantitative estimate of drug-likeness (QED) is 0.176. The lowest BCUT2D eigenvalue weighted by Crippen LogP contribution is -2.62. The van der Waals surface area contributed by atoms with Gasteiger partial charge in [-0.2, -0.15) is 0 Å². The van der Waals surface area contributed by atoms with Crippen LogP contribution >= 0.6 is 0 Å². The van der Waals surface area contributed by atoms with E-state index >= 15 is 9.59 Å². The predicted molar refractivity (Wildman–Crippen MR) is 269 cm³/mol. The molecule has 7 fully saturated rings. The van der Waals surface area contributed by atoms with Gasteiger partial charge in [0.15, 0.2) is 0 Å². The number of fused-ring (bicyclic) bond motifs is 6. The zero-order chi connectivity index (χ0) is 48.5. The van der Waals surface area contributed by atoms with Gasteiger partial charge in [-0.3, -0.25) is 39.4 Å². The zero-order valence-electron chi connectivity index (χ0n) is 42.3. The Balaban J connectivity index is 0.889. The average Bonchev–Trinajstić information content (AvgIpc) is 4.17. The molecule has 2 aliphatic carbocycles. The van der Waals surface area contributed by atoms with E-state index in [0.717, 1.165) is 99.4 Å². The van der Waals surface area contributed by atoms with E-state index in [2.05, 4.69) is 94.2 Å². The van der Waals surface area contributed by atoms with E-state index in [1.54, 1.807) is 5.01 Å². The zero-order valence-corrected chi connectivity index (χ0v) is 42.3. The molecular weight excluding hydrogens is 883 g/mol. The normalized spacial score (nSPS) is 30.3. The number of anilines is 1. The number of amides is 3. The molecule has 70 heavy (non-hydrogen) atoms. The van der Waals surface area contributed by atoms with Gasteiger partial charge in [0.05, 0.1) is 36.7 Å².